The van der Waals surface area contributed by atoms with Crippen LogP contribution in [0.2, 0.25) is 5.02 Å². The van der Waals surface area contributed by atoms with E-state index in [0.717, 1.165) is 5.56 Å². The molecule has 0 radical (unpaired) electrons. The second-order valence-corrected chi connectivity index (χ2v) is 8.26. The van der Waals surface area contributed by atoms with Crippen LogP contribution in [-0.4, -0.2) is 48.6 Å². The predicted octanol–water partition coefficient (Wildman–Crippen LogP) is 5.16. The molecule has 35 heavy (non-hydrogen) atoms. The van der Waals surface area contributed by atoms with Crippen molar-refractivity contribution in [2.45, 2.75) is 6.54 Å². The molecule has 0 aliphatic rings. The monoisotopic (exact) mass is 492 g/mol. The van der Waals surface area contributed by atoms with Crippen LogP contribution in [0.1, 0.15) is 5.56 Å². The zero-order valence-electron chi connectivity index (χ0n) is 19.6. The summed E-state index contributed by atoms with van der Waals surface area (Å²) in [6, 6.07) is 16.8. The van der Waals surface area contributed by atoms with Gasteiger partial charge in [0.1, 0.15) is 10.8 Å². The molecule has 0 saturated carbocycles. The van der Waals surface area contributed by atoms with Crippen molar-refractivity contribution in [1.82, 2.24) is 14.9 Å². The average molecular weight is 493 g/mol. The molecule has 0 unspecified atom stereocenters. The Balaban J connectivity index is 1.45. The Morgan fingerprint density at radius 2 is 1.74 bits per heavy atom. The number of halogens is 1. The Labute approximate surface area is 208 Å². The minimum atomic E-state index is -0.170. The van der Waals surface area contributed by atoms with Crippen molar-refractivity contribution in [2.75, 3.05) is 33.1 Å². The highest BCUT2D eigenvalue weighted by atomic mass is 35.5. The van der Waals surface area contributed by atoms with Crippen molar-refractivity contribution >= 4 is 34.1 Å². The first-order valence-electron chi connectivity index (χ1n) is 10.8. The van der Waals surface area contributed by atoms with Gasteiger partial charge in [0.2, 0.25) is 11.8 Å². The van der Waals surface area contributed by atoms with Crippen LogP contribution < -0.4 is 19.5 Å². The van der Waals surface area contributed by atoms with E-state index in [1.807, 2.05) is 42.3 Å². The molecular weight excluding hydrogens is 468 g/mol. The zero-order valence-corrected chi connectivity index (χ0v) is 20.4. The van der Waals surface area contributed by atoms with E-state index in [-0.39, 0.29) is 23.4 Å². The number of hydrogen-bond donors (Lipinski definition) is 1. The number of carbonyl (C=O) groups excluding carboxylic acids is 1. The highest BCUT2D eigenvalue weighted by molar-refractivity contribution is 6.32. The maximum atomic E-state index is 12.5. The number of nitrogens with one attached hydrogen (secondary N) is 1. The summed E-state index contributed by atoms with van der Waals surface area (Å²) in [5.41, 5.74) is 2.28. The number of anilines is 1. The van der Waals surface area contributed by atoms with Crippen molar-refractivity contribution in [3.8, 4) is 23.1 Å². The first-order chi connectivity index (χ1) is 17.0. The van der Waals surface area contributed by atoms with Gasteiger partial charge in [0.05, 0.1) is 38.2 Å². The smallest absolute Gasteiger partial charge is 0.238 e. The quantitative estimate of drug-likeness (QED) is 0.345. The van der Waals surface area contributed by atoms with Gasteiger partial charge in [-0.3, -0.25) is 14.7 Å². The predicted molar refractivity (Wildman–Crippen MR) is 136 cm³/mol. The first-order valence-corrected chi connectivity index (χ1v) is 11.2. The SMILES string of the molecule is COc1cc2nccc(Oc3ncc(NC(=O)CN(C)Cc4ccccc4)cc3Cl)c2cc1OC. The molecular formula is C26H25ClN4O4. The molecule has 0 aliphatic carbocycles. The molecule has 0 atom stereocenters. The topological polar surface area (TPSA) is 85.8 Å². The molecule has 2 aromatic carbocycles. The number of benzene rings is 2. The molecule has 1 amide bonds. The maximum Gasteiger partial charge on any atom is 0.238 e. The molecule has 0 saturated heterocycles. The van der Waals surface area contributed by atoms with Crippen LogP contribution in [-0.2, 0) is 11.3 Å². The lowest BCUT2D eigenvalue weighted by Gasteiger charge is -2.16. The van der Waals surface area contributed by atoms with Gasteiger partial charge >= 0.3 is 0 Å². The number of nitrogens with zero attached hydrogens (tertiary/aromatic N) is 3. The van der Waals surface area contributed by atoms with Crippen LogP contribution in [0, 0.1) is 0 Å². The average Bonchev–Trinajstić information content (AvgIpc) is 2.85. The normalized spacial score (nSPS) is 10.9. The van der Waals surface area contributed by atoms with Gasteiger partial charge in [-0.05, 0) is 30.8 Å². The van der Waals surface area contributed by atoms with Crippen molar-refractivity contribution in [3.63, 3.8) is 0 Å². The Hall–Kier alpha value is -3.88. The highest BCUT2D eigenvalue weighted by Gasteiger charge is 2.14. The van der Waals surface area contributed by atoms with Crippen molar-refractivity contribution < 1.29 is 19.0 Å². The highest BCUT2D eigenvalue weighted by Crippen LogP contribution is 2.38. The third kappa shape index (κ3) is 5.98. The van der Waals surface area contributed by atoms with E-state index in [0.29, 0.717) is 40.4 Å². The number of fused-ring (bicyclic) bond motifs is 1. The van der Waals surface area contributed by atoms with Gasteiger partial charge in [-0.2, -0.15) is 0 Å². The molecule has 0 spiro atoms. The van der Waals surface area contributed by atoms with E-state index in [1.54, 1.807) is 44.7 Å². The summed E-state index contributed by atoms with van der Waals surface area (Å²) in [5, 5.41) is 3.79. The molecule has 9 heteroatoms. The summed E-state index contributed by atoms with van der Waals surface area (Å²) >= 11 is 6.42. The summed E-state index contributed by atoms with van der Waals surface area (Å²) in [6.07, 6.45) is 3.13. The van der Waals surface area contributed by atoms with E-state index in [1.165, 1.54) is 6.20 Å². The van der Waals surface area contributed by atoms with Crippen LogP contribution in [0.5, 0.6) is 23.1 Å². The van der Waals surface area contributed by atoms with Crippen molar-refractivity contribution in [3.05, 3.63) is 77.6 Å². The number of aromatic nitrogens is 2. The lowest BCUT2D eigenvalue weighted by molar-refractivity contribution is -0.117. The fourth-order valence-electron chi connectivity index (χ4n) is 3.61. The fraction of sp³-hybridized carbons (Fsp3) is 0.192. The molecule has 4 rings (SSSR count). The molecule has 8 nitrogen and oxygen atoms in total. The van der Waals surface area contributed by atoms with E-state index in [4.69, 9.17) is 25.8 Å². The largest absolute Gasteiger partial charge is 0.493 e. The van der Waals surface area contributed by atoms with Crippen molar-refractivity contribution in [2.24, 2.45) is 0 Å². The number of rotatable bonds is 9. The lowest BCUT2D eigenvalue weighted by atomic mass is 10.2. The van der Waals surface area contributed by atoms with Gasteiger partial charge < -0.3 is 19.5 Å². The summed E-state index contributed by atoms with van der Waals surface area (Å²) in [4.78, 5) is 23.1. The number of methoxy groups -OCH3 is 2. The molecule has 0 bridgehead atoms. The third-order valence-electron chi connectivity index (χ3n) is 5.21. The zero-order chi connectivity index (χ0) is 24.8. The van der Waals surface area contributed by atoms with E-state index in [9.17, 15) is 4.79 Å². The first kappa shape index (κ1) is 24.3. The lowest BCUT2D eigenvalue weighted by Crippen LogP contribution is -2.29. The van der Waals surface area contributed by atoms with Crippen LogP contribution >= 0.6 is 11.6 Å². The van der Waals surface area contributed by atoms with Crippen LogP contribution in [0.4, 0.5) is 5.69 Å². The molecule has 0 fully saturated rings. The molecule has 1 N–H and O–H groups in total. The second kappa shape index (κ2) is 11.0. The Morgan fingerprint density at radius 3 is 2.46 bits per heavy atom. The molecule has 2 aromatic heterocycles. The summed E-state index contributed by atoms with van der Waals surface area (Å²) in [6.45, 7) is 0.885. The molecule has 180 valence electrons. The van der Waals surface area contributed by atoms with Gasteiger partial charge in [-0.15, -0.1) is 0 Å². The summed E-state index contributed by atoms with van der Waals surface area (Å²) < 4.78 is 16.7. The van der Waals surface area contributed by atoms with Gasteiger partial charge in [-0.1, -0.05) is 41.9 Å². The Morgan fingerprint density at radius 1 is 1.00 bits per heavy atom. The minimum Gasteiger partial charge on any atom is -0.493 e. The van der Waals surface area contributed by atoms with Crippen LogP contribution in [0.25, 0.3) is 10.9 Å². The second-order valence-electron chi connectivity index (χ2n) is 7.85. The van der Waals surface area contributed by atoms with E-state index >= 15 is 0 Å². The Bertz CT molecular complexity index is 1330. The number of hydrogen-bond acceptors (Lipinski definition) is 7. The van der Waals surface area contributed by atoms with E-state index < -0.39 is 0 Å². The van der Waals surface area contributed by atoms with Crippen LogP contribution in [0.3, 0.4) is 0 Å². The van der Waals surface area contributed by atoms with Gasteiger partial charge in [0, 0.05) is 24.2 Å². The number of ether oxygens (including phenoxy) is 3. The summed E-state index contributed by atoms with van der Waals surface area (Å²) in [5.74, 6) is 1.65. The molecule has 4 aromatic rings. The number of carbonyl (C=O) groups is 1. The van der Waals surface area contributed by atoms with Gasteiger partial charge in [-0.25, -0.2) is 4.98 Å². The summed E-state index contributed by atoms with van der Waals surface area (Å²) in [7, 11) is 5.01. The van der Waals surface area contributed by atoms with Crippen molar-refractivity contribution in [1.29, 1.82) is 0 Å². The van der Waals surface area contributed by atoms with E-state index in [2.05, 4.69) is 15.3 Å². The molecule has 2 heterocycles. The number of amides is 1. The number of pyridine rings is 2. The fourth-order valence-corrected chi connectivity index (χ4v) is 3.81. The number of likely N-dealkylation sites (N-methyl/N-ethyl adjacent to an activating group) is 1. The standard InChI is InChI=1S/C26H25ClN4O4/c1-31(15-17-7-5-4-6-8-17)16-25(32)30-18-11-20(27)26(29-14-18)35-22-9-10-28-21-13-24(34-3)23(33-2)12-19(21)22/h4-14H,15-16H2,1-3H3,(H,30,32). The minimum absolute atomic E-state index is 0.170. The molecule has 0 aliphatic heterocycles. The maximum absolute atomic E-state index is 12.5. The van der Waals surface area contributed by atoms with Gasteiger partial charge in [0.25, 0.3) is 0 Å². The van der Waals surface area contributed by atoms with Gasteiger partial charge in [0.15, 0.2) is 11.5 Å². The Kier molecular flexibility index (Phi) is 7.64. The third-order valence-corrected chi connectivity index (χ3v) is 5.48. The van der Waals surface area contributed by atoms with Crippen LogP contribution in [0.15, 0.2) is 67.0 Å².